The van der Waals surface area contributed by atoms with Crippen LogP contribution in [0.1, 0.15) is 25.3 Å². The quantitative estimate of drug-likeness (QED) is 0.892. The van der Waals surface area contributed by atoms with Gasteiger partial charge in [-0.05, 0) is 25.3 Å². The van der Waals surface area contributed by atoms with Crippen molar-refractivity contribution in [1.82, 2.24) is 14.7 Å². The first-order chi connectivity index (χ1) is 12.6. The fourth-order valence-electron chi connectivity index (χ4n) is 4.47. The second-order valence-corrected chi connectivity index (χ2v) is 8.08. The molecular formula is C20H29N3O3. The number of hydrogen-bond donors (Lipinski definition) is 1. The van der Waals surface area contributed by atoms with Crippen molar-refractivity contribution in [2.45, 2.75) is 43.9 Å². The van der Waals surface area contributed by atoms with Gasteiger partial charge in [0.2, 0.25) is 0 Å². The van der Waals surface area contributed by atoms with Crippen molar-refractivity contribution in [3.8, 4) is 0 Å². The maximum atomic E-state index is 11.7. The van der Waals surface area contributed by atoms with Crippen LogP contribution in [0.4, 0.5) is 4.79 Å². The number of amides is 1. The van der Waals surface area contributed by atoms with Crippen molar-refractivity contribution in [2.24, 2.45) is 0 Å². The lowest BCUT2D eigenvalue weighted by atomic mass is 10.0. The van der Waals surface area contributed by atoms with Crippen molar-refractivity contribution in [1.29, 1.82) is 0 Å². The minimum absolute atomic E-state index is 0.0204. The second-order valence-electron chi connectivity index (χ2n) is 8.08. The van der Waals surface area contributed by atoms with Crippen LogP contribution in [-0.4, -0.2) is 82.9 Å². The van der Waals surface area contributed by atoms with E-state index in [4.69, 9.17) is 4.74 Å². The third-order valence-corrected chi connectivity index (χ3v) is 6.23. The van der Waals surface area contributed by atoms with Gasteiger partial charge in [0, 0.05) is 50.3 Å². The third-order valence-electron chi connectivity index (χ3n) is 6.23. The zero-order chi connectivity index (χ0) is 18.1. The van der Waals surface area contributed by atoms with E-state index in [-0.39, 0.29) is 17.6 Å². The summed E-state index contributed by atoms with van der Waals surface area (Å²) in [6, 6.07) is 10.7. The van der Waals surface area contributed by atoms with Crippen LogP contribution in [0.2, 0.25) is 0 Å². The maximum Gasteiger partial charge on any atom is 0.407 e. The summed E-state index contributed by atoms with van der Waals surface area (Å²) in [6.07, 6.45) is 1.61. The van der Waals surface area contributed by atoms with Gasteiger partial charge in [-0.2, -0.15) is 0 Å². The standard InChI is InChI=1S/C20H29N3O3/c1-16-11-21(12-17-5-3-2-4-6-17)18(14-23(16)19(24)25)13-22-9-10-26-15-20(22)7-8-20/h2-6,16,18H,7-15H2,1H3,(H,24,25)/t16-,18+/m1/s1. The zero-order valence-corrected chi connectivity index (χ0v) is 15.5. The first kappa shape index (κ1) is 17.8. The van der Waals surface area contributed by atoms with E-state index in [0.717, 1.165) is 39.4 Å². The van der Waals surface area contributed by atoms with Gasteiger partial charge in [-0.15, -0.1) is 0 Å². The van der Waals surface area contributed by atoms with E-state index in [2.05, 4.69) is 34.1 Å². The Morgan fingerprint density at radius 3 is 2.73 bits per heavy atom. The molecule has 6 nitrogen and oxygen atoms in total. The molecule has 3 fully saturated rings. The summed E-state index contributed by atoms with van der Waals surface area (Å²) in [5, 5.41) is 9.60. The molecule has 1 aromatic carbocycles. The highest BCUT2D eigenvalue weighted by Gasteiger charge is 2.51. The molecule has 3 aliphatic rings. The summed E-state index contributed by atoms with van der Waals surface area (Å²) >= 11 is 0. The Balaban J connectivity index is 1.51. The Bertz CT molecular complexity index is 634. The van der Waals surface area contributed by atoms with Crippen molar-refractivity contribution in [3.05, 3.63) is 35.9 Å². The van der Waals surface area contributed by atoms with Crippen LogP contribution < -0.4 is 0 Å². The van der Waals surface area contributed by atoms with Crippen LogP contribution in [0.25, 0.3) is 0 Å². The molecular weight excluding hydrogens is 330 g/mol. The van der Waals surface area contributed by atoms with Gasteiger partial charge in [-0.1, -0.05) is 30.3 Å². The van der Waals surface area contributed by atoms with Crippen LogP contribution in [0, 0.1) is 0 Å². The molecule has 6 heteroatoms. The molecule has 2 saturated heterocycles. The first-order valence-electron chi connectivity index (χ1n) is 9.68. The number of nitrogens with zero attached hydrogens (tertiary/aromatic N) is 3. The summed E-state index contributed by atoms with van der Waals surface area (Å²) in [4.78, 5) is 18.3. The van der Waals surface area contributed by atoms with Crippen molar-refractivity contribution in [2.75, 3.05) is 39.4 Å². The van der Waals surface area contributed by atoms with Gasteiger partial charge in [-0.3, -0.25) is 9.80 Å². The number of carboxylic acid groups (broad SMARTS) is 1. The van der Waals surface area contributed by atoms with Gasteiger partial charge >= 0.3 is 6.09 Å². The van der Waals surface area contributed by atoms with Crippen molar-refractivity contribution >= 4 is 6.09 Å². The Morgan fingerprint density at radius 1 is 1.27 bits per heavy atom. The van der Waals surface area contributed by atoms with Crippen molar-refractivity contribution in [3.63, 3.8) is 0 Å². The molecule has 1 aromatic rings. The van der Waals surface area contributed by atoms with Gasteiger partial charge in [0.25, 0.3) is 0 Å². The SMILES string of the molecule is C[C@@H]1CN(Cc2ccccc2)[C@@H](CN2CCOCC23CC3)CN1C(=O)O. The lowest BCUT2D eigenvalue weighted by Crippen LogP contribution is -2.63. The smallest absolute Gasteiger partial charge is 0.407 e. The van der Waals surface area contributed by atoms with E-state index < -0.39 is 6.09 Å². The summed E-state index contributed by atoms with van der Waals surface area (Å²) < 4.78 is 5.71. The number of ether oxygens (including phenoxy) is 1. The largest absolute Gasteiger partial charge is 0.465 e. The number of rotatable bonds is 4. The molecule has 26 heavy (non-hydrogen) atoms. The predicted molar refractivity (Wildman–Crippen MR) is 99.2 cm³/mol. The minimum atomic E-state index is -0.801. The van der Waals surface area contributed by atoms with Crippen LogP contribution in [0.3, 0.4) is 0 Å². The number of benzene rings is 1. The van der Waals surface area contributed by atoms with Gasteiger partial charge in [0.15, 0.2) is 0 Å². The third kappa shape index (κ3) is 3.59. The zero-order valence-electron chi connectivity index (χ0n) is 15.5. The predicted octanol–water partition coefficient (Wildman–Crippen LogP) is 2.10. The van der Waals surface area contributed by atoms with E-state index in [1.54, 1.807) is 4.90 Å². The van der Waals surface area contributed by atoms with E-state index in [1.165, 1.54) is 18.4 Å². The second kappa shape index (κ2) is 7.18. The molecule has 142 valence electrons. The maximum absolute atomic E-state index is 11.7. The van der Waals surface area contributed by atoms with E-state index in [1.807, 2.05) is 13.0 Å². The lowest BCUT2D eigenvalue weighted by molar-refractivity contribution is -0.0465. The van der Waals surface area contributed by atoms with E-state index >= 15 is 0 Å². The van der Waals surface area contributed by atoms with Gasteiger partial charge in [-0.25, -0.2) is 4.79 Å². The van der Waals surface area contributed by atoms with Crippen LogP contribution >= 0.6 is 0 Å². The molecule has 0 unspecified atom stereocenters. The molecule has 2 atom stereocenters. The lowest BCUT2D eigenvalue weighted by Gasteiger charge is -2.47. The summed E-state index contributed by atoms with van der Waals surface area (Å²) in [7, 11) is 0. The van der Waals surface area contributed by atoms with Crippen molar-refractivity contribution < 1.29 is 14.6 Å². The number of piperazine rings is 1. The molecule has 1 aliphatic carbocycles. The van der Waals surface area contributed by atoms with Crippen LogP contribution in [0.5, 0.6) is 0 Å². The highest BCUT2D eigenvalue weighted by molar-refractivity contribution is 5.65. The van der Waals surface area contributed by atoms with Crippen LogP contribution in [-0.2, 0) is 11.3 Å². The Morgan fingerprint density at radius 2 is 2.04 bits per heavy atom. The van der Waals surface area contributed by atoms with E-state index in [9.17, 15) is 9.90 Å². The molecule has 4 rings (SSSR count). The minimum Gasteiger partial charge on any atom is -0.465 e. The highest BCUT2D eigenvalue weighted by atomic mass is 16.5. The average molecular weight is 359 g/mol. The number of morpholine rings is 1. The molecule has 0 aromatic heterocycles. The molecule has 1 N–H and O–H groups in total. The fraction of sp³-hybridized carbons (Fsp3) is 0.650. The first-order valence-corrected chi connectivity index (χ1v) is 9.68. The monoisotopic (exact) mass is 359 g/mol. The molecule has 0 radical (unpaired) electrons. The number of carbonyl (C=O) groups is 1. The molecule has 2 heterocycles. The van der Waals surface area contributed by atoms with Gasteiger partial charge in [0.1, 0.15) is 0 Å². The highest BCUT2D eigenvalue weighted by Crippen LogP contribution is 2.43. The van der Waals surface area contributed by atoms with Gasteiger partial charge < -0.3 is 14.7 Å². The molecule has 1 spiro atoms. The Labute approximate surface area is 155 Å². The molecule has 1 saturated carbocycles. The Kier molecular flexibility index (Phi) is 4.90. The Hall–Kier alpha value is -1.63. The molecule has 2 aliphatic heterocycles. The fourth-order valence-corrected chi connectivity index (χ4v) is 4.47. The summed E-state index contributed by atoms with van der Waals surface area (Å²) in [5.74, 6) is 0. The molecule has 1 amide bonds. The summed E-state index contributed by atoms with van der Waals surface area (Å²) in [6.45, 7) is 7.74. The number of hydrogen-bond acceptors (Lipinski definition) is 4. The van der Waals surface area contributed by atoms with Crippen LogP contribution in [0.15, 0.2) is 30.3 Å². The average Bonchev–Trinajstić information content (AvgIpc) is 3.40. The molecule has 0 bridgehead atoms. The van der Waals surface area contributed by atoms with Gasteiger partial charge in [0.05, 0.1) is 13.2 Å². The topological polar surface area (TPSA) is 56.2 Å². The van der Waals surface area contributed by atoms with E-state index in [0.29, 0.717) is 6.54 Å². The normalized spacial score (nSPS) is 29.0. The summed E-state index contributed by atoms with van der Waals surface area (Å²) in [5.41, 5.74) is 1.52.